The minimum absolute atomic E-state index is 0.0475. The molecule has 5 nitrogen and oxygen atoms in total. The number of fused-ring (bicyclic) bond motifs is 1. The van der Waals surface area contributed by atoms with Crippen molar-refractivity contribution in [1.82, 2.24) is 14.8 Å². The lowest BCUT2D eigenvalue weighted by Crippen LogP contribution is -2.44. The number of aromatic nitrogens is 1. The molecule has 0 bridgehead atoms. The summed E-state index contributed by atoms with van der Waals surface area (Å²) < 4.78 is 6.94. The van der Waals surface area contributed by atoms with Gasteiger partial charge in [-0.15, -0.1) is 11.3 Å². The van der Waals surface area contributed by atoms with E-state index in [1.165, 1.54) is 16.7 Å². The molecule has 1 fully saturated rings. The smallest absolute Gasteiger partial charge is 0.410 e. The number of carbonyl (C=O) groups is 1. The molecule has 2 atom stereocenters. The van der Waals surface area contributed by atoms with Gasteiger partial charge in [0.2, 0.25) is 0 Å². The zero-order chi connectivity index (χ0) is 22.2. The lowest BCUT2D eigenvalue weighted by Gasteiger charge is -2.39. The number of amides is 1. The van der Waals surface area contributed by atoms with Crippen LogP contribution in [-0.2, 0) is 4.74 Å². The maximum absolute atomic E-state index is 13.0. The first-order valence-corrected chi connectivity index (χ1v) is 12.3. The summed E-state index contributed by atoms with van der Waals surface area (Å²) in [4.78, 5) is 22.2. The Hall–Kier alpha value is -1.92. The first-order chi connectivity index (χ1) is 14.7. The predicted octanol–water partition coefficient (Wildman–Crippen LogP) is 6.11. The molecule has 2 aromatic rings. The van der Waals surface area contributed by atoms with Crippen molar-refractivity contribution in [1.29, 1.82) is 0 Å². The van der Waals surface area contributed by atoms with Crippen molar-refractivity contribution >= 4 is 33.2 Å². The van der Waals surface area contributed by atoms with Gasteiger partial charge >= 0.3 is 6.09 Å². The number of hydrogen-bond donors (Lipinski definition) is 0. The van der Waals surface area contributed by atoms with E-state index in [-0.39, 0.29) is 12.1 Å². The van der Waals surface area contributed by atoms with Gasteiger partial charge in [-0.25, -0.2) is 9.78 Å². The van der Waals surface area contributed by atoms with Crippen molar-refractivity contribution in [2.45, 2.75) is 65.0 Å². The Morgan fingerprint density at radius 1 is 1.26 bits per heavy atom. The lowest BCUT2D eigenvalue weighted by molar-refractivity contribution is 0.00365. The van der Waals surface area contributed by atoms with E-state index in [2.05, 4.69) is 43.1 Å². The summed E-state index contributed by atoms with van der Waals surface area (Å²) >= 11 is 1.78. The average Bonchev–Trinajstić information content (AvgIpc) is 3.00. The van der Waals surface area contributed by atoms with Crippen LogP contribution in [0.2, 0.25) is 0 Å². The lowest BCUT2D eigenvalue weighted by atomic mass is 9.90. The van der Waals surface area contributed by atoms with Gasteiger partial charge < -0.3 is 14.5 Å². The summed E-state index contributed by atoms with van der Waals surface area (Å²) in [6.45, 7) is 10.8. The highest BCUT2D eigenvalue weighted by molar-refractivity contribution is 7.19. The van der Waals surface area contributed by atoms with Gasteiger partial charge in [-0.1, -0.05) is 19.1 Å². The molecule has 0 radical (unpaired) electrons. The minimum atomic E-state index is -0.489. The van der Waals surface area contributed by atoms with Crippen LogP contribution < -0.4 is 0 Å². The zero-order valence-electron chi connectivity index (χ0n) is 19.5. The van der Waals surface area contributed by atoms with Crippen LogP contribution >= 0.6 is 11.3 Å². The number of likely N-dealkylation sites (N-methyl/N-ethyl adjacent to an activating group) is 1. The summed E-state index contributed by atoms with van der Waals surface area (Å²) in [5.41, 5.74) is 3.08. The van der Waals surface area contributed by atoms with Crippen molar-refractivity contribution in [2.75, 3.05) is 26.7 Å². The van der Waals surface area contributed by atoms with Crippen molar-refractivity contribution in [3.63, 3.8) is 0 Å². The number of nitrogens with zero attached hydrogens (tertiary/aromatic N) is 3. The molecule has 4 rings (SSSR count). The summed E-state index contributed by atoms with van der Waals surface area (Å²) in [7, 11) is 2.17. The molecule has 0 aliphatic carbocycles. The molecule has 1 aromatic heterocycles. The fourth-order valence-electron chi connectivity index (χ4n) is 4.50. The van der Waals surface area contributed by atoms with E-state index in [0.29, 0.717) is 5.92 Å². The van der Waals surface area contributed by atoms with Crippen molar-refractivity contribution in [3.05, 3.63) is 34.8 Å². The number of allylic oxidation sites excluding steroid dienone is 1. The van der Waals surface area contributed by atoms with Crippen LogP contribution in [0.25, 0.3) is 15.8 Å². The molecule has 2 aliphatic rings. The standard InChI is InChI=1S/C25H35N3O2S/c1-17-8-10-21(28(16-17)24(29)30-25(2,3)4)19-9-11-22-20(15-19)26-23(31-22)18-7-6-13-27(5)14-12-18/h9,11-12,15,17,21H,6-8,10,13-14,16H2,1-5H3/t17-,21+/m0/s1. The second-order valence-electron chi connectivity index (χ2n) is 10.2. The molecule has 1 amide bonds. The van der Waals surface area contributed by atoms with E-state index >= 15 is 0 Å². The number of benzene rings is 1. The number of ether oxygens (including phenoxy) is 1. The zero-order valence-corrected chi connectivity index (χ0v) is 20.3. The van der Waals surface area contributed by atoms with Gasteiger partial charge in [0.25, 0.3) is 0 Å². The Labute approximate surface area is 190 Å². The number of carbonyl (C=O) groups excluding carboxylic acids is 1. The molecule has 3 heterocycles. The first kappa shape index (κ1) is 22.3. The van der Waals surface area contributed by atoms with Crippen LogP contribution in [0, 0.1) is 5.92 Å². The highest BCUT2D eigenvalue weighted by Gasteiger charge is 2.34. The van der Waals surface area contributed by atoms with Crippen LogP contribution in [0.15, 0.2) is 24.3 Å². The molecule has 168 valence electrons. The van der Waals surface area contributed by atoms with Gasteiger partial charge in [0.1, 0.15) is 10.6 Å². The summed E-state index contributed by atoms with van der Waals surface area (Å²) in [5.74, 6) is 0.485. The number of likely N-dealkylation sites (tertiary alicyclic amines) is 1. The number of hydrogen-bond acceptors (Lipinski definition) is 5. The van der Waals surface area contributed by atoms with E-state index in [1.54, 1.807) is 11.3 Å². The number of thiazole rings is 1. The number of piperidine rings is 1. The van der Waals surface area contributed by atoms with Crippen molar-refractivity contribution in [3.8, 4) is 0 Å². The van der Waals surface area contributed by atoms with Crippen LogP contribution in [-0.4, -0.2) is 53.2 Å². The van der Waals surface area contributed by atoms with Crippen LogP contribution in [0.5, 0.6) is 0 Å². The Morgan fingerprint density at radius 2 is 2.06 bits per heavy atom. The van der Waals surface area contributed by atoms with Crippen LogP contribution in [0.3, 0.4) is 0 Å². The summed E-state index contributed by atoms with van der Waals surface area (Å²) in [6.07, 6.45) is 6.46. The van der Waals surface area contributed by atoms with E-state index in [4.69, 9.17) is 9.72 Å². The Balaban J connectivity index is 1.61. The Morgan fingerprint density at radius 3 is 2.84 bits per heavy atom. The fourth-order valence-corrected chi connectivity index (χ4v) is 5.52. The quantitative estimate of drug-likeness (QED) is 0.564. The molecular weight excluding hydrogens is 406 g/mol. The largest absolute Gasteiger partial charge is 0.444 e. The second-order valence-corrected chi connectivity index (χ2v) is 11.2. The van der Waals surface area contributed by atoms with E-state index < -0.39 is 5.60 Å². The fraction of sp³-hybridized carbons (Fsp3) is 0.600. The third-order valence-electron chi connectivity index (χ3n) is 6.15. The SMILES string of the molecule is C[C@H]1CC[C@H](c2ccc3sc(C4=CCN(C)CCC4)nc3c2)N(C(=O)OC(C)(C)C)C1. The van der Waals surface area contributed by atoms with Gasteiger partial charge in [0, 0.05) is 13.1 Å². The van der Waals surface area contributed by atoms with Gasteiger partial charge in [0.15, 0.2) is 0 Å². The molecule has 0 unspecified atom stereocenters. The summed E-state index contributed by atoms with van der Waals surface area (Å²) in [5, 5.41) is 1.14. The predicted molar refractivity (Wildman–Crippen MR) is 128 cm³/mol. The number of rotatable bonds is 2. The van der Waals surface area contributed by atoms with Crippen LogP contribution in [0.4, 0.5) is 4.79 Å². The molecule has 1 aromatic carbocycles. The monoisotopic (exact) mass is 441 g/mol. The minimum Gasteiger partial charge on any atom is -0.444 e. The summed E-state index contributed by atoms with van der Waals surface area (Å²) in [6, 6.07) is 6.60. The molecular formula is C25H35N3O2S. The average molecular weight is 442 g/mol. The Bertz CT molecular complexity index is 975. The highest BCUT2D eigenvalue weighted by Crippen LogP contribution is 2.37. The van der Waals surface area contributed by atoms with Crippen molar-refractivity contribution in [2.24, 2.45) is 5.92 Å². The van der Waals surface area contributed by atoms with E-state index in [1.807, 2.05) is 25.7 Å². The van der Waals surface area contributed by atoms with E-state index in [9.17, 15) is 4.79 Å². The van der Waals surface area contributed by atoms with Gasteiger partial charge in [-0.05, 0) is 89.2 Å². The second kappa shape index (κ2) is 8.91. The van der Waals surface area contributed by atoms with E-state index in [0.717, 1.165) is 55.0 Å². The normalized spacial score (nSPS) is 23.5. The van der Waals surface area contributed by atoms with Gasteiger partial charge in [0.05, 0.1) is 16.3 Å². The van der Waals surface area contributed by atoms with Gasteiger partial charge in [-0.3, -0.25) is 0 Å². The maximum Gasteiger partial charge on any atom is 0.410 e. The topological polar surface area (TPSA) is 45.7 Å². The maximum atomic E-state index is 13.0. The molecule has 2 aliphatic heterocycles. The molecule has 0 N–H and O–H groups in total. The third kappa shape index (κ3) is 5.29. The molecule has 0 saturated carbocycles. The molecule has 6 heteroatoms. The highest BCUT2D eigenvalue weighted by atomic mass is 32.1. The first-order valence-electron chi connectivity index (χ1n) is 11.5. The Kier molecular flexibility index (Phi) is 6.40. The molecule has 0 spiro atoms. The molecule has 1 saturated heterocycles. The third-order valence-corrected chi connectivity index (χ3v) is 7.26. The molecule has 31 heavy (non-hydrogen) atoms. The van der Waals surface area contributed by atoms with Gasteiger partial charge in [-0.2, -0.15) is 0 Å². The van der Waals surface area contributed by atoms with Crippen LogP contribution in [0.1, 0.15) is 70.0 Å². The van der Waals surface area contributed by atoms with Crippen molar-refractivity contribution < 1.29 is 9.53 Å².